The average molecular weight is 562 g/mol. The summed E-state index contributed by atoms with van der Waals surface area (Å²) < 4.78 is 39.9. The Kier molecular flexibility index (Phi) is 7.40. The quantitative estimate of drug-likeness (QED) is 0.382. The third-order valence-corrected chi connectivity index (χ3v) is 9.20. The van der Waals surface area contributed by atoms with E-state index < -0.39 is 15.6 Å². The molecule has 2 heterocycles. The van der Waals surface area contributed by atoms with Gasteiger partial charge in [0.05, 0.1) is 29.1 Å². The predicted octanol–water partition coefficient (Wildman–Crippen LogP) is 5.94. The van der Waals surface area contributed by atoms with Crippen LogP contribution in [0, 0.1) is 11.3 Å². The van der Waals surface area contributed by atoms with Crippen LogP contribution in [0.1, 0.15) is 63.3 Å². The van der Waals surface area contributed by atoms with Crippen molar-refractivity contribution in [3.05, 3.63) is 71.3 Å². The number of rotatable bonds is 5. The van der Waals surface area contributed by atoms with E-state index in [0.29, 0.717) is 49.4 Å². The first-order chi connectivity index (χ1) is 19.0. The van der Waals surface area contributed by atoms with Crippen LogP contribution >= 0.6 is 0 Å². The van der Waals surface area contributed by atoms with Gasteiger partial charge in [-0.2, -0.15) is 5.26 Å². The molecule has 0 aromatic heterocycles. The number of nitrogens with zero attached hydrogens (tertiary/aromatic N) is 3. The molecular formula is C31H35N3O5S. The predicted molar refractivity (Wildman–Crippen MR) is 155 cm³/mol. The Labute approximate surface area is 236 Å². The molecule has 5 rings (SSSR count). The van der Waals surface area contributed by atoms with Crippen molar-refractivity contribution in [2.24, 2.45) is 0 Å². The van der Waals surface area contributed by atoms with Crippen molar-refractivity contribution in [1.82, 2.24) is 4.90 Å². The molecule has 2 aliphatic rings. The Morgan fingerprint density at radius 3 is 2.42 bits per heavy atom. The fourth-order valence-electron chi connectivity index (χ4n) is 5.43. The molecule has 9 heteroatoms. The Balaban J connectivity index is 1.35. The highest BCUT2D eigenvalue weighted by molar-refractivity contribution is 7.92. The lowest BCUT2D eigenvalue weighted by Gasteiger charge is -2.33. The normalized spacial score (nSPS) is 17.9. The number of carbonyl (C=O) groups is 1. The fraction of sp³-hybridized carbons (Fsp3) is 0.419. The minimum absolute atomic E-state index is 0.0103. The number of hydrogen-bond acceptors (Lipinski definition) is 6. The summed E-state index contributed by atoms with van der Waals surface area (Å²) in [4.78, 5) is 14.1. The van der Waals surface area contributed by atoms with Gasteiger partial charge in [0.1, 0.15) is 17.5 Å². The van der Waals surface area contributed by atoms with Crippen LogP contribution in [-0.2, 0) is 21.2 Å². The van der Waals surface area contributed by atoms with Crippen molar-refractivity contribution >= 4 is 32.6 Å². The third kappa shape index (κ3) is 5.73. The number of amides is 1. The summed E-state index contributed by atoms with van der Waals surface area (Å²) >= 11 is 0. The van der Waals surface area contributed by atoms with E-state index in [1.165, 1.54) is 0 Å². The molecule has 0 N–H and O–H groups in total. The molecular weight excluding hydrogens is 526 g/mol. The van der Waals surface area contributed by atoms with Crippen LogP contribution in [0.25, 0.3) is 10.8 Å². The minimum Gasteiger partial charge on any atom is -0.490 e. The van der Waals surface area contributed by atoms with E-state index in [-0.39, 0.29) is 24.0 Å². The number of fused-ring (bicyclic) bond motifs is 2. The highest BCUT2D eigenvalue weighted by Crippen LogP contribution is 2.44. The first kappa shape index (κ1) is 27.8. The smallest absolute Gasteiger partial charge is 0.410 e. The fourth-order valence-corrected chi connectivity index (χ4v) is 6.77. The third-order valence-electron chi connectivity index (χ3n) is 7.42. The molecule has 40 heavy (non-hydrogen) atoms. The van der Waals surface area contributed by atoms with E-state index in [4.69, 9.17) is 9.47 Å². The molecule has 1 fully saturated rings. The van der Waals surface area contributed by atoms with Crippen LogP contribution in [0.4, 0.5) is 10.5 Å². The van der Waals surface area contributed by atoms with Gasteiger partial charge in [0.2, 0.25) is 10.0 Å². The Bertz CT molecular complexity index is 1580. The average Bonchev–Trinajstić information content (AvgIpc) is 3.31. The molecule has 1 unspecified atom stereocenters. The van der Waals surface area contributed by atoms with Crippen molar-refractivity contribution < 1.29 is 22.7 Å². The van der Waals surface area contributed by atoms with Crippen LogP contribution in [0.3, 0.4) is 0 Å². The van der Waals surface area contributed by atoms with E-state index in [1.54, 1.807) is 22.2 Å². The maximum Gasteiger partial charge on any atom is 0.410 e. The monoisotopic (exact) mass is 561 g/mol. The lowest BCUT2D eigenvalue weighted by molar-refractivity contribution is 0.0126. The zero-order chi connectivity index (χ0) is 28.7. The number of anilines is 1. The standard InChI is InChI=1S/C31H35N3O5S/c1-5-40(36,37)34-28-11-10-27(38-26-12-14-33(15-13-26)30(35)39-31(2,3)4)18-25(28)19-29(34)23-9-8-22-7-6-21(20-32)16-24(22)17-23/h6-11,16-18,26,29H,5,12-15,19H2,1-4H3. The first-order valence-corrected chi connectivity index (χ1v) is 15.3. The minimum atomic E-state index is -3.55. The maximum atomic E-state index is 13.3. The molecule has 0 bridgehead atoms. The van der Waals surface area contributed by atoms with Gasteiger partial charge < -0.3 is 14.4 Å². The highest BCUT2D eigenvalue weighted by Gasteiger charge is 2.38. The van der Waals surface area contributed by atoms with Gasteiger partial charge in [-0.1, -0.05) is 18.2 Å². The summed E-state index contributed by atoms with van der Waals surface area (Å²) in [6.07, 6.45) is 1.56. The maximum absolute atomic E-state index is 13.3. The van der Waals surface area contributed by atoms with Crippen molar-refractivity contribution in [2.75, 3.05) is 23.1 Å². The summed E-state index contributed by atoms with van der Waals surface area (Å²) in [7, 11) is -3.55. The number of carbonyl (C=O) groups excluding carboxylic acids is 1. The van der Waals surface area contributed by atoms with Crippen LogP contribution in [0.5, 0.6) is 5.75 Å². The molecule has 3 aromatic carbocycles. The number of benzene rings is 3. The van der Waals surface area contributed by atoms with E-state index in [9.17, 15) is 18.5 Å². The van der Waals surface area contributed by atoms with Crippen LogP contribution in [0.15, 0.2) is 54.6 Å². The van der Waals surface area contributed by atoms with Crippen LogP contribution in [-0.4, -0.2) is 50.0 Å². The van der Waals surface area contributed by atoms with Crippen molar-refractivity contribution in [1.29, 1.82) is 5.26 Å². The van der Waals surface area contributed by atoms with Crippen molar-refractivity contribution in [3.8, 4) is 11.8 Å². The zero-order valence-corrected chi connectivity index (χ0v) is 24.2. The first-order valence-electron chi connectivity index (χ1n) is 13.7. The second-order valence-corrected chi connectivity index (χ2v) is 13.6. The number of hydrogen-bond donors (Lipinski definition) is 0. The van der Waals surface area contributed by atoms with Crippen LogP contribution < -0.4 is 9.04 Å². The van der Waals surface area contributed by atoms with Gasteiger partial charge in [-0.25, -0.2) is 13.2 Å². The van der Waals surface area contributed by atoms with Crippen molar-refractivity contribution in [3.63, 3.8) is 0 Å². The lowest BCUT2D eigenvalue weighted by Crippen LogP contribution is -2.44. The van der Waals surface area contributed by atoms with E-state index in [1.807, 2.05) is 69.3 Å². The van der Waals surface area contributed by atoms with Crippen molar-refractivity contribution in [2.45, 2.75) is 64.7 Å². The second kappa shape index (κ2) is 10.7. The summed E-state index contributed by atoms with van der Waals surface area (Å²) in [5.41, 5.74) is 2.50. The summed E-state index contributed by atoms with van der Waals surface area (Å²) in [6.45, 7) is 8.35. The summed E-state index contributed by atoms with van der Waals surface area (Å²) in [5.74, 6) is 0.685. The van der Waals surface area contributed by atoms with Gasteiger partial charge in [0, 0.05) is 32.4 Å². The molecule has 3 aromatic rings. The molecule has 0 saturated carbocycles. The lowest BCUT2D eigenvalue weighted by atomic mass is 9.98. The molecule has 1 saturated heterocycles. The van der Waals surface area contributed by atoms with Gasteiger partial charge in [-0.3, -0.25) is 4.31 Å². The molecule has 0 radical (unpaired) electrons. The molecule has 1 amide bonds. The Morgan fingerprint density at radius 2 is 1.75 bits per heavy atom. The number of piperidine rings is 1. The topological polar surface area (TPSA) is 99.9 Å². The molecule has 8 nitrogen and oxygen atoms in total. The van der Waals surface area contributed by atoms with Gasteiger partial charge in [-0.05, 0) is 86.0 Å². The molecule has 0 aliphatic carbocycles. The summed E-state index contributed by atoms with van der Waals surface area (Å²) in [5, 5.41) is 11.2. The Hall–Kier alpha value is -3.77. The van der Waals surface area contributed by atoms with Gasteiger partial charge >= 0.3 is 6.09 Å². The molecule has 0 spiro atoms. The van der Waals surface area contributed by atoms with Gasteiger partial charge in [0.25, 0.3) is 0 Å². The Morgan fingerprint density at radius 1 is 1.02 bits per heavy atom. The summed E-state index contributed by atoms with van der Waals surface area (Å²) in [6, 6.07) is 18.9. The number of nitriles is 1. The van der Waals surface area contributed by atoms with E-state index in [2.05, 4.69) is 6.07 Å². The number of sulfonamides is 1. The second-order valence-electron chi connectivity index (χ2n) is 11.4. The number of likely N-dealkylation sites (tertiary alicyclic amines) is 1. The SMILES string of the molecule is CCS(=O)(=O)N1c2ccc(OC3CCN(C(=O)OC(C)(C)C)CC3)cc2CC1c1ccc2ccc(C#N)cc2c1. The van der Waals surface area contributed by atoms with E-state index in [0.717, 1.165) is 21.9 Å². The largest absolute Gasteiger partial charge is 0.490 e. The van der Waals surface area contributed by atoms with Crippen LogP contribution in [0.2, 0.25) is 0 Å². The van der Waals surface area contributed by atoms with E-state index >= 15 is 0 Å². The number of ether oxygens (including phenoxy) is 2. The molecule has 1 atom stereocenters. The van der Waals surface area contributed by atoms with Gasteiger partial charge in [-0.15, -0.1) is 0 Å². The molecule has 2 aliphatic heterocycles. The highest BCUT2D eigenvalue weighted by atomic mass is 32.2. The molecule has 210 valence electrons. The zero-order valence-electron chi connectivity index (χ0n) is 23.4. The van der Waals surface area contributed by atoms with Gasteiger partial charge in [0.15, 0.2) is 0 Å².